The molecule has 3 rings (SSSR count). The third kappa shape index (κ3) is 4.12. The van der Waals surface area contributed by atoms with E-state index in [0.29, 0.717) is 16.5 Å². The minimum Gasteiger partial charge on any atom is -0.491 e. The summed E-state index contributed by atoms with van der Waals surface area (Å²) >= 11 is 5.81. The number of fused-ring (bicyclic) bond motifs is 1. The molecule has 4 nitrogen and oxygen atoms in total. The van der Waals surface area contributed by atoms with Gasteiger partial charge in [0.25, 0.3) is 0 Å². The molecule has 1 aromatic heterocycles. The number of ether oxygens (including phenoxy) is 2. The van der Waals surface area contributed by atoms with Crippen LogP contribution >= 0.6 is 11.6 Å². The van der Waals surface area contributed by atoms with Gasteiger partial charge in [-0.3, -0.25) is 4.98 Å². The lowest BCUT2D eigenvalue weighted by atomic mass is 10.2. The fourth-order valence-corrected chi connectivity index (χ4v) is 2.28. The fraction of sp³-hybridized carbons (Fsp3) is 0.167. The zero-order valence-corrected chi connectivity index (χ0v) is 13.1. The van der Waals surface area contributed by atoms with Crippen LogP contribution in [0.1, 0.15) is 0 Å². The molecule has 0 aliphatic carbocycles. The fourth-order valence-electron chi connectivity index (χ4n) is 2.15. The molecule has 0 radical (unpaired) electrons. The number of aromatic nitrogens is 1. The molecule has 0 fully saturated rings. The highest BCUT2D eigenvalue weighted by Gasteiger charge is 2.09. The maximum Gasteiger partial charge on any atom is 0.145 e. The van der Waals surface area contributed by atoms with Crippen molar-refractivity contribution in [2.45, 2.75) is 6.10 Å². The van der Waals surface area contributed by atoms with Gasteiger partial charge in [-0.15, -0.1) is 0 Å². The molecule has 3 aromatic rings. The molecular formula is C18H16ClNO3. The number of aliphatic hydroxyl groups excluding tert-OH is 1. The van der Waals surface area contributed by atoms with Gasteiger partial charge in [0.2, 0.25) is 0 Å². The number of aliphatic hydroxyl groups is 1. The number of nitrogens with zero attached hydrogens (tertiary/aromatic N) is 1. The second-order valence-corrected chi connectivity index (χ2v) is 5.50. The number of hydrogen-bond acceptors (Lipinski definition) is 4. The van der Waals surface area contributed by atoms with Crippen LogP contribution in [-0.2, 0) is 0 Å². The van der Waals surface area contributed by atoms with E-state index in [4.69, 9.17) is 21.1 Å². The van der Waals surface area contributed by atoms with E-state index in [1.165, 1.54) is 0 Å². The normalized spacial score (nSPS) is 12.1. The highest BCUT2D eigenvalue weighted by Crippen LogP contribution is 2.23. The van der Waals surface area contributed by atoms with Crippen LogP contribution in [0.25, 0.3) is 10.9 Å². The van der Waals surface area contributed by atoms with E-state index < -0.39 is 6.10 Å². The van der Waals surface area contributed by atoms with Crippen LogP contribution < -0.4 is 9.47 Å². The number of hydrogen-bond donors (Lipinski definition) is 1. The molecule has 0 saturated carbocycles. The second-order valence-electron chi connectivity index (χ2n) is 5.06. The van der Waals surface area contributed by atoms with Crippen molar-refractivity contribution in [3.05, 3.63) is 65.8 Å². The minimum atomic E-state index is -0.746. The Morgan fingerprint density at radius 2 is 1.70 bits per heavy atom. The molecule has 1 unspecified atom stereocenters. The average molecular weight is 330 g/mol. The SMILES string of the molecule is OC(COc1ccc(Cl)cc1)COc1cccc2cccnc12. The maximum atomic E-state index is 10.0. The van der Waals surface area contributed by atoms with E-state index in [0.717, 1.165) is 10.9 Å². The zero-order chi connectivity index (χ0) is 16.1. The molecule has 0 aliphatic heterocycles. The topological polar surface area (TPSA) is 51.6 Å². The van der Waals surface area contributed by atoms with Crippen molar-refractivity contribution in [1.29, 1.82) is 0 Å². The van der Waals surface area contributed by atoms with Gasteiger partial charge in [-0.25, -0.2) is 0 Å². The molecule has 0 spiro atoms. The number of para-hydroxylation sites is 1. The molecule has 0 aliphatic rings. The van der Waals surface area contributed by atoms with Crippen LogP contribution in [0.2, 0.25) is 5.02 Å². The summed E-state index contributed by atoms with van der Waals surface area (Å²) in [6.45, 7) is 0.267. The molecule has 1 heterocycles. The van der Waals surface area contributed by atoms with Gasteiger partial charge in [-0.1, -0.05) is 29.8 Å². The van der Waals surface area contributed by atoms with Gasteiger partial charge in [0.15, 0.2) is 0 Å². The largest absolute Gasteiger partial charge is 0.491 e. The number of benzene rings is 2. The van der Waals surface area contributed by atoms with Gasteiger partial charge in [-0.05, 0) is 36.4 Å². The molecule has 1 N–H and O–H groups in total. The lowest BCUT2D eigenvalue weighted by molar-refractivity contribution is 0.0631. The Morgan fingerprint density at radius 1 is 0.957 bits per heavy atom. The van der Waals surface area contributed by atoms with Crippen molar-refractivity contribution >= 4 is 22.5 Å². The molecule has 5 heteroatoms. The Bertz CT molecular complexity index is 771. The van der Waals surface area contributed by atoms with Gasteiger partial charge in [0.05, 0.1) is 0 Å². The molecule has 0 saturated heterocycles. The van der Waals surface area contributed by atoms with E-state index in [2.05, 4.69) is 4.98 Å². The Balaban J connectivity index is 1.56. The van der Waals surface area contributed by atoms with Gasteiger partial charge < -0.3 is 14.6 Å². The highest BCUT2D eigenvalue weighted by molar-refractivity contribution is 6.30. The van der Waals surface area contributed by atoms with Crippen molar-refractivity contribution in [2.24, 2.45) is 0 Å². The van der Waals surface area contributed by atoms with Gasteiger partial charge >= 0.3 is 0 Å². The predicted octanol–water partition coefficient (Wildman–Crippen LogP) is 3.71. The smallest absolute Gasteiger partial charge is 0.145 e. The van der Waals surface area contributed by atoms with Crippen molar-refractivity contribution < 1.29 is 14.6 Å². The monoisotopic (exact) mass is 329 g/mol. The predicted molar refractivity (Wildman–Crippen MR) is 90.2 cm³/mol. The van der Waals surface area contributed by atoms with E-state index >= 15 is 0 Å². The third-order valence-corrected chi connectivity index (χ3v) is 3.53. The quantitative estimate of drug-likeness (QED) is 0.749. The van der Waals surface area contributed by atoms with Crippen LogP contribution in [0.5, 0.6) is 11.5 Å². The second kappa shape index (κ2) is 7.31. The summed E-state index contributed by atoms with van der Waals surface area (Å²) in [7, 11) is 0. The molecule has 0 bridgehead atoms. The summed E-state index contributed by atoms with van der Waals surface area (Å²) in [5.74, 6) is 1.30. The zero-order valence-electron chi connectivity index (χ0n) is 12.4. The number of pyridine rings is 1. The van der Waals surface area contributed by atoms with Crippen molar-refractivity contribution in [2.75, 3.05) is 13.2 Å². The minimum absolute atomic E-state index is 0.128. The van der Waals surface area contributed by atoms with Crippen LogP contribution in [0, 0.1) is 0 Å². The van der Waals surface area contributed by atoms with Crippen molar-refractivity contribution in [3.8, 4) is 11.5 Å². The van der Waals surface area contributed by atoms with Crippen LogP contribution in [0.15, 0.2) is 60.8 Å². The van der Waals surface area contributed by atoms with E-state index in [-0.39, 0.29) is 13.2 Å². The van der Waals surface area contributed by atoms with E-state index in [9.17, 15) is 5.11 Å². The molecule has 23 heavy (non-hydrogen) atoms. The van der Waals surface area contributed by atoms with Crippen molar-refractivity contribution in [3.63, 3.8) is 0 Å². The van der Waals surface area contributed by atoms with Gasteiger partial charge in [0.1, 0.15) is 36.3 Å². The van der Waals surface area contributed by atoms with Crippen LogP contribution in [0.4, 0.5) is 0 Å². The summed E-state index contributed by atoms with van der Waals surface area (Å²) in [6.07, 6.45) is 0.972. The Hall–Kier alpha value is -2.30. The van der Waals surface area contributed by atoms with Crippen LogP contribution in [0.3, 0.4) is 0 Å². The summed E-state index contributed by atoms with van der Waals surface area (Å²) < 4.78 is 11.2. The molecular weight excluding hydrogens is 314 g/mol. The first kappa shape index (κ1) is 15.6. The lowest BCUT2D eigenvalue weighted by Crippen LogP contribution is -2.25. The van der Waals surface area contributed by atoms with E-state index in [1.54, 1.807) is 30.5 Å². The Labute approximate surface area is 139 Å². The lowest BCUT2D eigenvalue weighted by Gasteiger charge is -2.14. The highest BCUT2D eigenvalue weighted by atomic mass is 35.5. The summed E-state index contributed by atoms with van der Waals surface area (Å²) in [6, 6.07) is 16.5. The molecule has 2 aromatic carbocycles. The molecule has 0 amide bonds. The average Bonchev–Trinajstić information content (AvgIpc) is 2.59. The first-order chi connectivity index (χ1) is 11.2. The Kier molecular flexibility index (Phi) is 4.95. The first-order valence-corrected chi connectivity index (χ1v) is 7.63. The number of halogens is 1. The van der Waals surface area contributed by atoms with Gasteiger partial charge in [0, 0.05) is 16.6 Å². The summed E-state index contributed by atoms with van der Waals surface area (Å²) in [4.78, 5) is 4.31. The maximum absolute atomic E-state index is 10.0. The summed E-state index contributed by atoms with van der Waals surface area (Å²) in [5.41, 5.74) is 0.779. The third-order valence-electron chi connectivity index (χ3n) is 3.28. The molecule has 1 atom stereocenters. The standard InChI is InChI=1S/C18H16ClNO3/c19-14-6-8-16(9-7-14)22-11-15(21)12-23-17-5-1-3-13-4-2-10-20-18(13)17/h1-10,15,21H,11-12H2. The molecule has 118 valence electrons. The van der Waals surface area contributed by atoms with Crippen LogP contribution in [-0.4, -0.2) is 29.4 Å². The van der Waals surface area contributed by atoms with E-state index in [1.807, 2.05) is 30.3 Å². The first-order valence-electron chi connectivity index (χ1n) is 7.25. The summed E-state index contributed by atoms with van der Waals surface area (Å²) in [5, 5.41) is 11.6. The number of rotatable bonds is 6. The Morgan fingerprint density at radius 3 is 2.52 bits per heavy atom. The van der Waals surface area contributed by atoms with Crippen molar-refractivity contribution in [1.82, 2.24) is 4.98 Å². The van der Waals surface area contributed by atoms with Gasteiger partial charge in [-0.2, -0.15) is 0 Å².